The van der Waals surface area contributed by atoms with E-state index in [1.165, 1.54) is 5.56 Å². The van der Waals surface area contributed by atoms with Gasteiger partial charge in [-0.1, -0.05) is 0 Å². The Morgan fingerprint density at radius 1 is 1.42 bits per heavy atom. The van der Waals surface area contributed by atoms with Gasteiger partial charge in [0.15, 0.2) is 0 Å². The summed E-state index contributed by atoms with van der Waals surface area (Å²) >= 11 is 0. The van der Waals surface area contributed by atoms with Crippen molar-refractivity contribution in [3.8, 4) is 6.07 Å². The molecule has 2 heterocycles. The normalized spacial score (nSPS) is 13.1. The van der Waals surface area contributed by atoms with Crippen molar-refractivity contribution in [1.82, 2.24) is 4.98 Å². The van der Waals surface area contributed by atoms with E-state index in [1.54, 1.807) is 0 Å². The van der Waals surface area contributed by atoms with Gasteiger partial charge in [0.1, 0.15) is 23.4 Å². The number of pyridine rings is 1. The molecule has 19 heavy (non-hydrogen) atoms. The summed E-state index contributed by atoms with van der Waals surface area (Å²) in [4.78, 5) is 4.57. The van der Waals surface area contributed by atoms with Gasteiger partial charge in [-0.3, -0.25) is 0 Å². The largest absolute Gasteiger partial charge is 0.465 e. The Morgan fingerprint density at radius 2 is 2.32 bits per heavy atom. The highest BCUT2D eigenvalue weighted by Gasteiger charge is 2.16. The second-order valence-corrected chi connectivity index (χ2v) is 4.82. The molecule has 0 amide bonds. The lowest BCUT2D eigenvalue weighted by Crippen LogP contribution is -2.05. The number of hydrogen-bond acceptors (Lipinski definition) is 4. The Morgan fingerprint density at radius 3 is 3.05 bits per heavy atom. The number of furan rings is 1. The van der Waals surface area contributed by atoms with Crippen molar-refractivity contribution in [2.75, 3.05) is 5.32 Å². The number of rotatable bonds is 3. The minimum Gasteiger partial charge on any atom is -0.465 e. The topological polar surface area (TPSA) is 61.9 Å². The van der Waals surface area contributed by atoms with E-state index in [-0.39, 0.29) is 0 Å². The van der Waals surface area contributed by atoms with E-state index in [0.29, 0.717) is 17.9 Å². The van der Waals surface area contributed by atoms with Crippen molar-refractivity contribution < 1.29 is 4.42 Å². The van der Waals surface area contributed by atoms with E-state index >= 15 is 0 Å². The number of nitrogens with one attached hydrogen (secondary N) is 1. The molecule has 0 unspecified atom stereocenters. The predicted molar refractivity (Wildman–Crippen MR) is 71.7 cm³/mol. The minimum absolute atomic E-state index is 0.550. The molecule has 1 aliphatic rings. The first-order valence-corrected chi connectivity index (χ1v) is 6.48. The smallest absolute Gasteiger partial charge is 0.144 e. The van der Waals surface area contributed by atoms with Crippen molar-refractivity contribution in [2.45, 2.75) is 32.7 Å². The summed E-state index contributed by atoms with van der Waals surface area (Å²) in [6, 6.07) is 8.04. The lowest BCUT2D eigenvalue weighted by atomic mass is 10.1. The summed E-state index contributed by atoms with van der Waals surface area (Å²) < 4.78 is 5.50. The number of aromatic nitrogens is 1. The van der Waals surface area contributed by atoms with Gasteiger partial charge in [-0.2, -0.15) is 5.26 Å². The molecule has 1 N–H and O–H groups in total. The van der Waals surface area contributed by atoms with Crippen LogP contribution >= 0.6 is 0 Å². The van der Waals surface area contributed by atoms with Crippen LogP contribution in [0, 0.1) is 18.3 Å². The van der Waals surface area contributed by atoms with Crippen LogP contribution in [-0.4, -0.2) is 4.98 Å². The summed E-state index contributed by atoms with van der Waals surface area (Å²) in [7, 11) is 0. The van der Waals surface area contributed by atoms with Crippen LogP contribution in [0.25, 0.3) is 0 Å². The highest BCUT2D eigenvalue weighted by atomic mass is 16.3. The van der Waals surface area contributed by atoms with Gasteiger partial charge in [0.05, 0.1) is 12.1 Å². The van der Waals surface area contributed by atoms with Crippen molar-refractivity contribution >= 4 is 5.82 Å². The quantitative estimate of drug-likeness (QED) is 0.913. The number of nitriles is 1. The third-order valence-corrected chi connectivity index (χ3v) is 3.40. The Hall–Kier alpha value is -2.28. The van der Waals surface area contributed by atoms with Crippen molar-refractivity contribution in [1.29, 1.82) is 5.26 Å². The molecule has 96 valence electrons. The van der Waals surface area contributed by atoms with Crippen molar-refractivity contribution in [3.63, 3.8) is 0 Å². The van der Waals surface area contributed by atoms with E-state index in [9.17, 15) is 5.26 Å². The Bertz CT molecular complexity index is 652. The summed E-state index contributed by atoms with van der Waals surface area (Å²) in [6.07, 6.45) is 3.18. The molecule has 0 aromatic carbocycles. The highest BCUT2D eigenvalue weighted by Crippen LogP contribution is 2.25. The van der Waals surface area contributed by atoms with Gasteiger partial charge >= 0.3 is 0 Å². The lowest BCUT2D eigenvalue weighted by molar-refractivity contribution is 0.490. The van der Waals surface area contributed by atoms with Crippen LogP contribution in [0.3, 0.4) is 0 Å². The van der Waals surface area contributed by atoms with Gasteiger partial charge < -0.3 is 9.73 Å². The molecule has 4 nitrogen and oxygen atoms in total. The number of aryl methyl sites for hydroxylation is 3. The zero-order valence-electron chi connectivity index (χ0n) is 10.9. The lowest BCUT2D eigenvalue weighted by Gasteiger charge is -2.08. The maximum absolute atomic E-state index is 9.20. The Labute approximate surface area is 112 Å². The molecule has 0 saturated carbocycles. The first-order valence-electron chi connectivity index (χ1n) is 6.48. The molecule has 2 aromatic rings. The molecule has 3 rings (SSSR count). The van der Waals surface area contributed by atoms with E-state index < -0.39 is 0 Å². The van der Waals surface area contributed by atoms with Crippen LogP contribution in [0.5, 0.6) is 0 Å². The molecule has 1 aliphatic carbocycles. The van der Waals surface area contributed by atoms with Gasteiger partial charge in [-0.15, -0.1) is 0 Å². The summed E-state index contributed by atoms with van der Waals surface area (Å²) in [5, 5.41) is 12.4. The van der Waals surface area contributed by atoms with Gasteiger partial charge in [0.2, 0.25) is 0 Å². The summed E-state index contributed by atoms with van der Waals surface area (Å²) in [5.74, 6) is 2.40. The summed E-state index contributed by atoms with van der Waals surface area (Å²) in [5.41, 5.74) is 2.96. The van der Waals surface area contributed by atoms with Crippen molar-refractivity contribution in [2.24, 2.45) is 0 Å². The van der Waals surface area contributed by atoms with Crippen LogP contribution in [0.15, 0.2) is 22.6 Å². The maximum Gasteiger partial charge on any atom is 0.144 e. The summed E-state index contributed by atoms with van der Waals surface area (Å²) in [6.45, 7) is 2.46. The predicted octanol–water partition coefficient (Wildman–Crippen LogP) is 2.96. The average Bonchev–Trinajstić information content (AvgIpc) is 3.03. The van der Waals surface area contributed by atoms with Gasteiger partial charge in [-0.25, -0.2) is 4.98 Å². The number of anilines is 1. The zero-order chi connectivity index (χ0) is 13.2. The molecule has 4 heteroatoms. The fraction of sp³-hybridized carbons (Fsp3) is 0.333. The molecule has 0 aliphatic heterocycles. The number of fused-ring (bicyclic) bond motifs is 1. The van der Waals surface area contributed by atoms with Crippen molar-refractivity contribution in [3.05, 3.63) is 46.5 Å². The van der Waals surface area contributed by atoms with Crippen LogP contribution in [0.4, 0.5) is 5.82 Å². The van der Waals surface area contributed by atoms with E-state index in [4.69, 9.17) is 4.42 Å². The zero-order valence-corrected chi connectivity index (χ0v) is 10.9. The third-order valence-electron chi connectivity index (χ3n) is 3.40. The highest BCUT2D eigenvalue weighted by molar-refractivity contribution is 5.55. The molecular weight excluding hydrogens is 238 g/mol. The fourth-order valence-electron chi connectivity index (χ4n) is 2.44. The molecule has 0 saturated heterocycles. The first kappa shape index (κ1) is 11.8. The fourth-order valence-corrected chi connectivity index (χ4v) is 2.44. The molecular formula is C15H15N3O. The second-order valence-electron chi connectivity index (χ2n) is 4.82. The van der Waals surface area contributed by atoms with Gasteiger partial charge in [-0.05, 0) is 49.9 Å². The van der Waals surface area contributed by atoms with E-state index in [0.717, 1.165) is 36.5 Å². The standard InChI is InChI=1S/C15H15N3O/c1-10-5-6-13(19-10)9-17-15-12(8-16)7-11-3-2-4-14(11)18-15/h5-7H,2-4,9H2,1H3,(H,17,18). The Balaban J connectivity index is 1.82. The molecule has 0 spiro atoms. The molecule has 0 fully saturated rings. The molecule has 2 aromatic heterocycles. The van der Waals surface area contributed by atoms with Crippen LogP contribution in [-0.2, 0) is 19.4 Å². The van der Waals surface area contributed by atoms with Gasteiger partial charge in [0.25, 0.3) is 0 Å². The molecule has 0 bridgehead atoms. The second kappa shape index (κ2) is 4.77. The average molecular weight is 253 g/mol. The van der Waals surface area contributed by atoms with Gasteiger partial charge in [0, 0.05) is 5.69 Å². The SMILES string of the molecule is Cc1ccc(CNc2nc3c(cc2C#N)CCC3)o1. The number of hydrogen-bond donors (Lipinski definition) is 1. The maximum atomic E-state index is 9.20. The van der Waals surface area contributed by atoms with E-state index in [1.807, 2.05) is 25.1 Å². The van der Waals surface area contributed by atoms with Crippen LogP contribution < -0.4 is 5.32 Å². The van der Waals surface area contributed by atoms with Crippen LogP contribution in [0.2, 0.25) is 0 Å². The van der Waals surface area contributed by atoms with E-state index in [2.05, 4.69) is 16.4 Å². The first-order chi connectivity index (χ1) is 9.26. The number of nitrogens with zero attached hydrogens (tertiary/aromatic N) is 2. The molecule has 0 atom stereocenters. The van der Waals surface area contributed by atoms with Crippen LogP contribution in [0.1, 0.15) is 34.8 Å². The minimum atomic E-state index is 0.550. The monoisotopic (exact) mass is 253 g/mol. The Kier molecular flexibility index (Phi) is 2.96. The molecule has 0 radical (unpaired) electrons. The third kappa shape index (κ3) is 2.32.